The van der Waals surface area contributed by atoms with Crippen molar-refractivity contribution in [2.45, 2.75) is 38.7 Å². The number of ether oxygens (including phenoxy) is 1. The highest BCUT2D eigenvalue weighted by atomic mass is 32.2. The van der Waals surface area contributed by atoms with Gasteiger partial charge in [-0.1, -0.05) is 24.3 Å². The first-order valence-electron chi connectivity index (χ1n) is 13.1. The van der Waals surface area contributed by atoms with Crippen molar-refractivity contribution in [3.63, 3.8) is 0 Å². The quantitative estimate of drug-likeness (QED) is 0.218. The van der Waals surface area contributed by atoms with Gasteiger partial charge in [-0.2, -0.15) is 26.3 Å². The van der Waals surface area contributed by atoms with E-state index in [9.17, 15) is 39.9 Å². The SMILES string of the molecule is CC(C)(C)OC(=O)N1CCN(c2ccc(C(F)(F)F)cc2N(c2ccc(-c3ccc(C(F)(F)F)cc3)cc2)S(=O)[O-])CC1. The van der Waals surface area contributed by atoms with E-state index in [2.05, 4.69) is 0 Å². The topological polar surface area (TPSA) is 76.2 Å². The Bertz CT molecular complexity index is 1460. The number of piperazine rings is 1. The molecular weight excluding hydrogens is 600 g/mol. The van der Waals surface area contributed by atoms with Crippen LogP contribution in [0.25, 0.3) is 11.1 Å². The van der Waals surface area contributed by atoms with Crippen molar-refractivity contribution in [1.82, 2.24) is 4.90 Å². The van der Waals surface area contributed by atoms with Gasteiger partial charge in [-0.25, -0.2) is 4.79 Å². The molecule has 0 aliphatic carbocycles. The van der Waals surface area contributed by atoms with Crippen LogP contribution in [0.15, 0.2) is 66.7 Å². The molecule has 0 bridgehead atoms. The van der Waals surface area contributed by atoms with Crippen LogP contribution in [0.4, 0.5) is 48.2 Å². The minimum Gasteiger partial charge on any atom is -0.755 e. The summed E-state index contributed by atoms with van der Waals surface area (Å²) in [6, 6.07) is 12.8. The van der Waals surface area contributed by atoms with Gasteiger partial charge in [-0.3, -0.25) is 8.51 Å². The number of rotatable bonds is 5. The van der Waals surface area contributed by atoms with E-state index < -0.39 is 46.4 Å². The van der Waals surface area contributed by atoms with Gasteiger partial charge >= 0.3 is 18.4 Å². The summed E-state index contributed by atoms with van der Waals surface area (Å²) in [5, 5.41) is 0. The fourth-order valence-electron chi connectivity index (χ4n) is 4.53. The molecule has 3 aromatic carbocycles. The molecule has 4 rings (SSSR count). The summed E-state index contributed by atoms with van der Waals surface area (Å²) in [6.45, 7) is 5.96. The number of anilines is 3. The Morgan fingerprint density at radius 1 is 0.791 bits per heavy atom. The number of amides is 1. The van der Waals surface area contributed by atoms with Crippen LogP contribution in [0, 0.1) is 0 Å². The van der Waals surface area contributed by atoms with Gasteiger partial charge in [-0.15, -0.1) is 0 Å². The number of halogens is 6. The molecule has 1 aliphatic heterocycles. The van der Waals surface area contributed by atoms with E-state index in [-0.39, 0.29) is 43.2 Å². The van der Waals surface area contributed by atoms with E-state index in [0.717, 1.165) is 28.6 Å². The second-order valence-corrected chi connectivity index (χ2v) is 11.6. The summed E-state index contributed by atoms with van der Waals surface area (Å²) in [4.78, 5) is 15.6. The Balaban J connectivity index is 1.66. The lowest BCUT2D eigenvalue weighted by Gasteiger charge is -2.39. The second-order valence-electron chi connectivity index (χ2n) is 10.8. The molecule has 43 heavy (non-hydrogen) atoms. The van der Waals surface area contributed by atoms with E-state index in [1.54, 1.807) is 25.7 Å². The summed E-state index contributed by atoms with van der Waals surface area (Å²) in [5.41, 5.74) is -1.75. The maximum Gasteiger partial charge on any atom is 0.416 e. The number of nitrogens with zero attached hydrogens (tertiary/aromatic N) is 3. The first-order valence-corrected chi connectivity index (χ1v) is 14.1. The number of carbonyl (C=O) groups is 1. The van der Waals surface area contributed by atoms with Crippen molar-refractivity contribution in [3.8, 4) is 11.1 Å². The van der Waals surface area contributed by atoms with Crippen LogP contribution in [-0.2, 0) is 28.4 Å². The van der Waals surface area contributed by atoms with Crippen molar-refractivity contribution >= 4 is 34.4 Å². The van der Waals surface area contributed by atoms with Gasteiger partial charge in [0.15, 0.2) is 0 Å². The van der Waals surface area contributed by atoms with Crippen molar-refractivity contribution in [2.75, 3.05) is 35.4 Å². The largest absolute Gasteiger partial charge is 0.755 e. The molecule has 0 saturated carbocycles. The van der Waals surface area contributed by atoms with Crippen molar-refractivity contribution < 1.29 is 44.6 Å². The number of benzene rings is 3. The molecule has 0 N–H and O–H groups in total. The zero-order valence-corrected chi connectivity index (χ0v) is 24.1. The molecule has 0 spiro atoms. The first kappa shape index (κ1) is 32.1. The van der Waals surface area contributed by atoms with Gasteiger partial charge in [0.2, 0.25) is 0 Å². The molecule has 1 amide bonds. The van der Waals surface area contributed by atoms with Crippen LogP contribution < -0.4 is 9.21 Å². The zero-order valence-electron chi connectivity index (χ0n) is 23.3. The van der Waals surface area contributed by atoms with Gasteiger partial charge in [0.05, 0.1) is 39.5 Å². The smallest absolute Gasteiger partial charge is 0.416 e. The second kappa shape index (κ2) is 12.1. The lowest BCUT2D eigenvalue weighted by molar-refractivity contribution is -0.138. The van der Waals surface area contributed by atoms with Crippen LogP contribution in [0.5, 0.6) is 0 Å². The van der Waals surface area contributed by atoms with Gasteiger partial charge in [-0.05, 0) is 74.4 Å². The molecule has 1 aliphatic rings. The lowest BCUT2D eigenvalue weighted by Crippen LogP contribution is -2.50. The molecule has 1 fully saturated rings. The van der Waals surface area contributed by atoms with Crippen LogP contribution in [0.3, 0.4) is 0 Å². The third-order valence-corrected chi connectivity index (χ3v) is 7.30. The molecule has 0 radical (unpaired) electrons. The molecular formula is C29H28F6N3O4S-. The normalized spacial score (nSPS) is 15.3. The summed E-state index contributed by atoms with van der Waals surface area (Å²) in [6.07, 6.45) is -9.80. The Morgan fingerprint density at radius 3 is 1.74 bits per heavy atom. The average molecular weight is 629 g/mol. The van der Waals surface area contributed by atoms with E-state index in [1.165, 1.54) is 47.4 Å². The molecule has 1 heterocycles. The van der Waals surface area contributed by atoms with Gasteiger partial charge in [0, 0.05) is 26.2 Å². The van der Waals surface area contributed by atoms with Crippen LogP contribution in [0.2, 0.25) is 0 Å². The Labute approximate surface area is 247 Å². The summed E-state index contributed by atoms with van der Waals surface area (Å²) >= 11 is -3.07. The first-order chi connectivity index (χ1) is 19.9. The highest BCUT2D eigenvalue weighted by Gasteiger charge is 2.34. The zero-order chi connectivity index (χ0) is 31.7. The fraction of sp³-hybridized carbons (Fsp3) is 0.345. The number of carbonyl (C=O) groups excluding carboxylic acids is 1. The molecule has 1 saturated heterocycles. The van der Waals surface area contributed by atoms with Gasteiger partial charge in [0.1, 0.15) is 5.60 Å². The van der Waals surface area contributed by atoms with E-state index in [0.29, 0.717) is 11.1 Å². The highest BCUT2D eigenvalue weighted by molar-refractivity contribution is 7.81. The predicted octanol–water partition coefficient (Wildman–Crippen LogP) is 7.38. The fourth-order valence-corrected chi connectivity index (χ4v) is 5.13. The molecule has 1 unspecified atom stereocenters. The van der Waals surface area contributed by atoms with Crippen LogP contribution in [0.1, 0.15) is 31.9 Å². The van der Waals surface area contributed by atoms with Gasteiger partial charge in [0.25, 0.3) is 0 Å². The van der Waals surface area contributed by atoms with E-state index in [4.69, 9.17) is 4.74 Å². The predicted molar refractivity (Wildman–Crippen MR) is 149 cm³/mol. The standard InChI is InChI=1S/C29H29F6N3O4S/c1-27(2,3)42-26(39)37-16-14-36(15-17-37)24-13-10-22(29(33,34)35)18-25(24)38(43(40)41)23-11-6-20(7-12-23)19-4-8-21(9-5-19)28(30,31)32/h4-13,18H,14-17H2,1-3H3,(H,40,41)/p-1. The van der Waals surface area contributed by atoms with E-state index >= 15 is 0 Å². The average Bonchev–Trinajstić information content (AvgIpc) is 2.92. The monoisotopic (exact) mass is 628 g/mol. The van der Waals surface area contributed by atoms with Gasteiger partial charge < -0.3 is 19.1 Å². The third-order valence-electron chi connectivity index (χ3n) is 6.59. The minimum atomic E-state index is -4.76. The Hall–Kier alpha value is -3.78. The molecule has 3 aromatic rings. The summed E-state index contributed by atoms with van der Waals surface area (Å²) in [5.74, 6) is 0. The maximum atomic E-state index is 13.7. The van der Waals surface area contributed by atoms with Crippen LogP contribution in [-0.4, -0.2) is 51.5 Å². The molecule has 14 heteroatoms. The molecule has 0 aromatic heterocycles. The van der Waals surface area contributed by atoms with Crippen LogP contribution >= 0.6 is 0 Å². The Kier molecular flexibility index (Phi) is 9.03. The summed E-state index contributed by atoms with van der Waals surface area (Å²) in [7, 11) is 0. The van der Waals surface area contributed by atoms with E-state index in [1.807, 2.05) is 0 Å². The molecule has 7 nitrogen and oxygen atoms in total. The van der Waals surface area contributed by atoms with Crippen molar-refractivity contribution in [1.29, 1.82) is 0 Å². The highest BCUT2D eigenvalue weighted by Crippen LogP contribution is 2.41. The number of hydrogen-bond donors (Lipinski definition) is 0. The molecule has 1 atom stereocenters. The summed E-state index contributed by atoms with van der Waals surface area (Å²) < 4.78 is 111. The van der Waals surface area contributed by atoms with Crippen molar-refractivity contribution in [2.24, 2.45) is 0 Å². The molecule has 232 valence electrons. The lowest BCUT2D eigenvalue weighted by atomic mass is 10.0. The van der Waals surface area contributed by atoms with Crippen molar-refractivity contribution in [3.05, 3.63) is 77.9 Å². The third kappa shape index (κ3) is 7.79. The Morgan fingerprint density at radius 2 is 1.28 bits per heavy atom. The number of alkyl halides is 6. The minimum absolute atomic E-state index is 0.0111. The maximum absolute atomic E-state index is 13.7. The number of hydrogen-bond acceptors (Lipinski definition) is 5.